The second-order valence-electron chi connectivity index (χ2n) is 3.63. The number of hydrogen-bond acceptors (Lipinski definition) is 5. The Hall–Kier alpha value is -1.40. The van der Waals surface area contributed by atoms with Crippen LogP contribution in [-0.2, 0) is 4.79 Å². The maximum Gasteiger partial charge on any atom is 0.226 e. The smallest absolute Gasteiger partial charge is 0.226 e. The second kappa shape index (κ2) is 3.57. The first-order valence-corrected chi connectivity index (χ1v) is 6.58. The Morgan fingerprint density at radius 1 is 1.56 bits per heavy atom. The molecule has 3 rings (SSSR count). The Kier molecular flexibility index (Phi) is 2.19. The summed E-state index contributed by atoms with van der Waals surface area (Å²) in [4.78, 5) is 16.8. The van der Waals surface area contributed by atoms with Gasteiger partial charge in [0.1, 0.15) is 5.82 Å². The van der Waals surface area contributed by atoms with Crippen LogP contribution < -0.4 is 11.1 Å². The van der Waals surface area contributed by atoms with Gasteiger partial charge in [-0.25, -0.2) is 4.98 Å². The van der Waals surface area contributed by atoms with Gasteiger partial charge in [0, 0.05) is 12.3 Å². The fourth-order valence-electron chi connectivity index (χ4n) is 1.88. The molecule has 0 aromatic carbocycles. The number of nitrogens with one attached hydrogen (secondary N) is 1. The lowest BCUT2D eigenvalue weighted by molar-refractivity contribution is -0.116. The zero-order chi connectivity index (χ0) is 11.1. The Labute approximate surface area is 100 Å². The van der Waals surface area contributed by atoms with Crippen LogP contribution in [0, 0.1) is 0 Å². The van der Waals surface area contributed by atoms with Gasteiger partial charge in [0.25, 0.3) is 0 Å². The van der Waals surface area contributed by atoms with Crippen molar-refractivity contribution in [1.82, 2.24) is 4.98 Å². The number of nitrogens with zero attached hydrogens (tertiary/aromatic N) is 1. The van der Waals surface area contributed by atoms with Gasteiger partial charge < -0.3 is 11.1 Å². The molecule has 1 atom stereocenters. The van der Waals surface area contributed by atoms with E-state index in [0.29, 0.717) is 17.4 Å². The Bertz CT molecular complexity index is 532. The predicted octanol–water partition coefficient (Wildman–Crippen LogP) is 2.26. The highest BCUT2D eigenvalue weighted by Gasteiger charge is 2.29. The van der Waals surface area contributed by atoms with Crippen molar-refractivity contribution in [3.05, 3.63) is 27.3 Å². The minimum Gasteiger partial charge on any atom is -0.375 e. The fourth-order valence-corrected chi connectivity index (χ4v) is 3.51. The minimum absolute atomic E-state index is 0.00833. The molecule has 3 heterocycles. The van der Waals surface area contributed by atoms with Crippen LogP contribution in [0.1, 0.15) is 22.8 Å². The molecule has 0 spiro atoms. The van der Waals surface area contributed by atoms with Crippen LogP contribution in [-0.4, -0.2) is 10.9 Å². The third-order valence-electron chi connectivity index (χ3n) is 2.58. The van der Waals surface area contributed by atoms with Gasteiger partial charge in [0.15, 0.2) is 5.13 Å². The third kappa shape index (κ3) is 1.50. The number of aromatic nitrogens is 1. The number of thiophene rings is 1. The van der Waals surface area contributed by atoms with Gasteiger partial charge in [-0.05, 0) is 22.4 Å². The average Bonchev–Trinajstić information content (AvgIpc) is 2.83. The highest BCUT2D eigenvalue weighted by atomic mass is 32.1. The van der Waals surface area contributed by atoms with Crippen LogP contribution >= 0.6 is 22.7 Å². The van der Waals surface area contributed by atoms with Crippen molar-refractivity contribution in [1.29, 1.82) is 0 Å². The summed E-state index contributed by atoms with van der Waals surface area (Å²) in [7, 11) is 0. The molecule has 0 saturated carbocycles. The SMILES string of the molecule is Nc1nc2c(s1)C(c1ccsc1)CC(=O)N2. The average molecular weight is 251 g/mol. The maximum absolute atomic E-state index is 11.6. The van der Waals surface area contributed by atoms with E-state index in [-0.39, 0.29) is 11.8 Å². The first-order chi connectivity index (χ1) is 7.74. The highest BCUT2D eigenvalue weighted by molar-refractivity contribution is 7.16. The Balaban J connectivity index is 2.10. The number of carbonyl (C=O) groups is 1. The summed E-state index contributed by atoms with van der Waals surface area (Å²) in [6, 6.07) is 2.05. The molecule has 3 N–H and O–H groups in total. The minimum atomic E-state index is 0.00833. The van der Waals surface area contributed by atoms with E-state index in [9.17, 15) is 4.79 Å². The van der Waals surface area contributed by atoms with Crippen LogP contribution in [0.3, 0.4) is 0 Å². The molecule has 0 aliphatic carbocycles. The Morgan fingerprint density at radius 3 is 3.19 bits per heavy atom. The highest BCUT2D eigenvalue weighted by Crippen LogP contribution is 2.41. The van der Waals surface area contributed by atoms with Crippen LogP contribution in [0.15, 0.2) is 16.8 Å². The summed E-state index contributed by atoms with van der Waals surface area (Å²) < 4.78 is 0. The van der Waals surface area contributed by atoms with Crippen LogP contribution in [0.25, 0.3) is 0 Å². The molecule has 1 amide bonds. The van der Waals surface area contributed by atoms with E-state index >= 15 is 0 Å². The number of fused-ring (bicyclic) bond motifs is 1. The molecule has 0 bridgehead atoms. The van der Waals surface area contributed by atoms with E-state index in [1.54, 1.807) is 11.3 Å². The van der Waals surface area contributed by atoms with E-state index < -0.39 is 0 Å². The van der Waals surface area contributed by atoms with Crippen molar-refractivity contribution in [2.24, 2.45) is 0 Å². The van der Waals surface area contributed by atoms with Crippen molar-refractivity contribution >= 4 is 39.5 Å². The molecule has 1 aliphatic rings. The number of amides is 1. The summed E-state index contributed by atoms with van der Waals surface area (Å²) in [6.45, 7) is 0. The monoisotopic (exact) mass is 251 g/mol. The number of nitrogen functional groups attached to an aromatic ring is 1. The van der Waals surface area contributed by atoms with Gasteiger partial charge in [0.05, 0.1) is 4.88 Å². The van der Waals surface area contributed by atoms with Gasteiger partial charge in [-0.2, -0.15) is 11.3 Å². The zero-order valence-electron chi connectivity index (χ0n) is 8.27. The van der Waals surface area contributed by atoms with Crippen LogP contribution in [0.4, 0.5) is 10.9 Å². The van der Waals surface area contributed by atoms with E-state index in [0.717, 1.165) is 4.88 Å². The fraction of sp³-hybridized carbons (Fsp3) is 0.200. The second-order valence-corrected chi connectivity index (χ2v) is 5.47. The number of carbonyl (C=O) groups excluding carboxylic acids is 1. The molecule has 4 nitrogen and oxygen atoms in total. The largest absolute Gasteiger partial charge is 0.375 e. The lowest BCUT2D eigenvalue weighted by Crippen LogP contribution is -2.22. The van der Waals surface area contributed by atoms with Gasteiger partial charge in [-0.1, -0.05) is 11.3 Å². The molecule has 6 heteroatoms. The lowest BCUT2D eigenvalue weighted by atomic mass is 9.94. The Morgan fingerprint density at radius 2 is 2.44 bits per heavy atom. The molecule has 0 radical (unpaired) electrons. The van der Waals surface area contributed by atoms with E-state index in [1.165, 1.54) is 16.9 Å². The molecule has 0 fully saturated rings. The van der Waals surface area contributed by atoms with Gasteiger partial charge in [-0.15, -0.1) is 0 Å². The molecular weight excluding hydrogens is 242 g/mol. The van der Waals surface area contributed by atoms with Gasteiger partial charge in [0.2, 0.25) is 5.91 Å². The van der Waals surface area contributed by atoms with Gasteiger partial charge in [-0.3, -0.25) is 4.79 Å². The molecule has 1 aliphatic heterocycles. The topological polar surface area (TPSA) is 68.0 Å². The zero-order valence-corrected chi connectivity index (χ0v) is 9.90. The van der Waals surface area contributed by atoms with Crippen LogP contribution in [0.5, 0.6) is 0 Å². The van der Waals surface area contributed by atoms with Crippen molar-refractivity contribution in [2.75, 3.05) is 11.1 Å². The summed E-state index contributed by atoms with van der Waals surface area (Å²) in [5, 5.41) is 7.36. The first-order valence-electron chi connectivity index (χ1n) is 4.82. The number of nitrogens with two attached hydrogens (primary N) is 1. The third-order valence-corrected chi connectivity index (χ3v) is 4.28. The van der Waals surface area contributed by atoms with E-state index in [1.807, 2.05) is 11.4 Å². The number of rotatable bonds is 1. The number of thiazole rings is 1. The van der Waals surface area contributed by atoms with Crippen molar-refractivity contribution in [3.8, 4) is 0 Å². The quantitative estimate of drug-likeness (QED) is 0.817. The molecule has 2 aromatic heterocycles. The molecule has 1 unspecified atom stereocenters. The lowest BCUT2D eigenvalue weighted by Gasteiger charge is -2.20. The number of hydrogen-bond donors (Lipinski definition) is 2. The summed E-state index contributed by atoms with van der Waals surface area (Å²) in [5.74, 6) is 0.758. The van der Waals surface area contributed by atoms with Crippen molar-refractivity contribution in [3.63, 3.8) is 0 Å². The molecule has 2 aromatic rings. The molecule has 0 saturated heterocycles. The summed E-state index contributed by atoms with van der Waals surface area (Å²) in [6.07, 6.45) is 0.478. The van der Waals surface area contributed by atoms with E-state index in [4.69, 9.17) is 5.73 Å². The molecule has 82 valence electrons. The maximum atomic E-state index is 11.6. The van der Waals surface area contributed by atoms with Crippen molar-refractivity contribution < 1.29 is 4.79 Å². The summed E-state index contributed by atoms with van der Waals surface area (Å²) >= 11 is 3.09. The molecule has 16 heavy (non-hydrogen) atoms. The van der Waals surface area contributed by atoms with E-state index in [2.05, 4.69) is 15.7 Å². The normalized spacial score (nSPS) is 19.2. The van der Waals surface area contributed by atoms with Gasteiger partial charge >= 0.3 is 0 Å². The standard InChI is InChI=1S/C10H9N3OS2/c11-10-13-9-8(16-10)6(3-7(14)12-9)5-1-2-15-4-5/h1-2,4,6H,3H2,(H2,11,13)(H,12,14). The van der Waals surface area contributed by atoms with Crippen molar-refractivity contribution in [2.45, 2.75) is 12.3 Å². The van der Waals surface area contributed by atoms with Crippen LogP contribution in [0.2, 0.25) is 0 Å². The first kappa shape index (κ1) is 9.80. The number of anilines is 2. The summed E-state index contributed by atoms with van der Waals surface area (Å²) in [5.41, 5.74) is 6.85. The predicted molar refractivity (Wildman–Crippen MR) is 65.9 cm³/mol. The molecular formula is C10H9N3OS2.